The Labute approximate surface area is 188 Å². The maximum Gasteiger partial charge on any atom is 0.418 e. The van der Waals surface area contributed by atoms with E-state index in [4.69, 9.17) is 17.3 Å². The van der Waals surface area contributed by atoms with Gasteiger partial charge in [-0.15, -0.1) is 0 Å². The monoisotopic (exact) mass is 460 g/mol. The van der Waals surface area contributed by atoms with Crippen LogP contribution in [0.1, 0.15) is 37.4 Å². The SMILES string of the molecule is Cc1cccc(C(=O)N(C)c2ccc(-c3cc(C(N)=O)ccc3Cl)cc2C(F)(F)F)c1C. The molecule has 0 unspecified atom stereocenters. The van der Waals surface area contributed by atoms with Crippen LogP contribution in [0.15, 0.2) is 54.6 Å². The van der Waals surface area contributed by atoms with E-state index in [0.29, 0.717) is 11.1 Å². The van der Waals surface area contributed by atoms with E-state index in [9.17, 15) is 22.8 Å². The predicted molar refractivity (Wildman–Crippen MR) is 119 cm³/mol. The molecule has 3 aromatic carbocycles. The first-order valence-corrected chi connectivity index (χ1v) is 9.95. The smallest absolute Gasteiger partial charge is 0.366 e. The van der Waals surface area contributed by atoms with Crippen LogP contribution in [0.2, 0.25) is 5.02 Å². The van der Waals surface area contributed by atoms with Crippen molar-refractivity contribution in [1.29, 1.82) is 0 Å². The zero-order chi connectivity index (χ0) is 23.8. The number of nitrogens with zero attached hydrogens (tertiary/aromatic N) is 1. The van der Waals surface area contributed by atoms with E-state index < -0.39 is 23.6 Å². The molecule has 0 heterocycles. The number of alkyl halides is 3. The Bertz CT molecular complexity index is 1220. The van der Waals surface area contributed by atoms with Crippen LogP contribution in [0.4, 0.5) is 18.9 Å². The van der Waals surface area contributed by atoms with Gasteiger partial charge in [0, 0.05) is 28.8 Å². The van der Waals surface area contributed by atoms with Crippen molar-refractivity contribution in [1.82, 2.24) is 0 Å². The number of rotatable bonds is 4. The second-order valence-electron chi connectivity index (χ2n) is 7.40. The molecule has 0 fully saturated rings. The predicted octanol–water partition coefficient (Wildman–Crippen LogP) is 6.02. The lowest BCUT2D eigenvalue weighted by Crippen LogP contribution is -2.29. The van der Waals surface area contributed by atoms with E-state index in [0.717, 1.165) is 16.5 Å². The van der Waals surface area contributed by atoms with Crippen LogP contribution in [-0.2, 0) is 6.18 Å². The van der Waals surface area contributed by atoms with Gasteiger partial charge in [0.2, 0.25) is 5.91 Å². The molecule has 4 nitrogen and oxygen atoms in total. The minimum atomic E-state index is -4.74. The van der Waals surface area contributed by atoms with Crippen molar-refractivity contribution < 1.29 is 22.8 Å². The lowest BCUT2D eigenvalue weighted by atomic mass is 9.98. The number of benzene rings is 3. The van der Waals surface area contributed by atoms with E-state index in [1.54, 1.807) is 19.1 Å². The van der Waals surface area contributed by atoms with Gasteiger partial charge < -0.3 is 10.6 Å². The van der Waals surface area contributed by atoms with Crippen LogP contribution >= 0.6 is 11.6 Å². The highest BCUT2D eigenvalue weighted by Gasteiger charge is 2.36. The van der Waals surface area contributed by atoms with Gasteiger partial charge in [0.05, 0.1) is 11.3 Å². The Hall–Kier alpha value is -3.32. The molecule has 0 saturated carbocycles. The summed E-state index contributed by atoms with van der Waals surface area (Å²) in [5.74, 6) is -1.28. The number of carbonyl (C=O) groups excluding carboxylic acids is 2. The number of carbonyl (C=O) groups is 2. The zero-order valence-electron chi connectivity index (χ0n) is 17.5. The fraction of sp³-hybridized carbons (Fsp3) is 0.167. The first-order valence-electron chi connectivity index (χ1n) is 9.57. The summed E-state index contributed by atoms with van der Waals surface area (Å²) in [6, 6.07) is 12.8. The normalized spacial score (nSPS) is 11.3. The maximum atomic E-state index is 14.0. The van der Waals surface area contributed by atoms with Gasteiger partial charge in [0.25, 0.3) is 5.91 Å². The summed E-state index contributed by atoms with van der Waals surface area (Å²) in [5, 5.41) is 0.163. The lowest BCUT2D eigenvalue weighted by Gasteiger charge is -2.24. The second kappa shape index (κ2) is 8.67. The number of hydrogen-bond donors (Lipinski definition) is 1. The Morgan fingerprint density at radius 2 is 1.69 bits per heavy atom. The van der Waals surface area contributed by atoms with Gasteiger partial charge in [-0.2, -0.15) is 13.2 Å². The van der Waals surface area contributed by atoms with Crippen molar-refractivity contribution >= 4 is 29.1 Å². The van der Waals surface area contributed by atoms with E-state index >= 15 is 0 Å². The molecule has 0 aromatic heterocycles. The second-order valence-corrected chi connectivity index (χ2v) is 7.81. The third-order valence-corrected chi connectivity index (χ3v) is 5.69. The van der Waals surface area contributed by atoms with Crippen LogP contribution in [0, 0.1) is 13.8 Å². The third-order valence-electron chi connectivity index (χ3n) is 5.36. The molecule has 0 aliphatic heterocycles. The number of amides is 2. The Balaban J connectivity index is 2.13. The average molecular weight is 461 g/mol. The van der Waals surface area contributed by atoms with Gasteiger partial charge in [0.15, 0.2) is 0 Å². The van der Waals surface area contributed by atoms with E-state index in [1.807, 2.05) is 13.0 Å². The van der Waals surface area contributed by atoms with Gasteiger partial charge in [-0.25, -0.2) is 0 Å². The molecule has 2 amide bonds. The molecule has 0 atom stereocenters. The summed E-state index contributed by atoms with van der Waals surface area (Å²) in [6.45, 7) is 3.57. The highest BCUT2D eigenvalue weighted by atomic mass is 35.5. The van der Waals surface area contributed by atoms with Crippen LogP contribution in [0.25, 0.3) is 11.1 Å². The highest BCUT2D eigenvalue weighted by molar-refractivity contribution is 6.33. The quantitative estimate of drug-likeness (QED) is 0.517. The lowest BCUT2D eigenvalue weighted by molar-refractivity contribution is -0.137. The molecular formula is C24H20ClF3N2O2. The molecule has 3 aromatic rings. The summed E-state index contributed by atoms with van der Waals surface area (Å²) in [5.41, 5.74) is 6.34. The Kier molecular flexibility index (Phi) is 6.32. The third kappa shape index (κ3) is 4.48. The molecule has 32 heavy (non-hydrogen) atoms. The summed E-state index contributed by atoms with van der Waals surface area (Å²) >= 11 is 6.17. The minimum Gasteiger partial charge on any atom is -0.366 e. The number of anilines is 1. The summed E-state index contributed by atoms with van der Waals surface area (Å²) in [7, 11) is 1.30. The fourth-order valence-corrected chi connectivity index (χ4v) is 3.62. The van der Waals surface area contributed by atoms with Crippen molar-refractivity contribution in [2.45, 2.75) is 20.0 Å². The fourth-order valence-electron chi connectivity index (χ4n) is 3.40. The van der Waals surface area contributed by atoms with Gasteiger partial charge in [-0.05, 0) is 66.9 Å². The molecule has 0 bridgehead atoms. The van der Waals surface area contributed by atoms with Gasteiger partial charge in [-0.1, -0.05) is 29.8 Å². The highest BCUT2D eigenvalue weighted by Crippen LogP contribution is 2.40. The van der Waals surface area contributed by atoms with Gasteiger partial charge in [-0.3, -0.25) is 9.59 Å². The summed E-state index contributed by atoms with van der Waals surface area (Å²) in [4.78, 5) is 25.5. The Morgan fingerprint density at radius 1 is 1.00 bits per heavy atom. The van der Waals surface area contributed by atoms with Crippen molar-refractivity contribution in [3.8, 4) is 11.1 Å². The minimum absolute atomic E-state index is 0.115. The molecule has 0 saturated heterocycles. The first-order chi connectivity index (χ1) is 14.9. The molecule has 8 heteroatoms. The number of primary amides is 1. The van der Waals surface area contributed by atoms with Crippen LogP contribution in [-0.4, -0.2) is 18.9 Å². The van der Waals surface area contributed by atoms with Crippen LogP contribution < -0.4 is 10.6 Å². The molecule has 2 N–H and O–H groups in total. The molecule has 166 valence electrons. The molecule has 0 spiro atoms. The van der Waals surface area contributed by atoms with E-state index in [-0.39, 0.29) is 27.4 Å². The van der Waals surface area contributed by atoms with Crippen molar-refractivity contribution in [2.24, 2.45) is 5.73 Å². The summed E-state index contributed by atoms with van der Waals surface area (Å²) in [6.07, 6.45) is -4.74. The Morgan fingerprint density at radius 3 is 2.31 bits per heavy atom. The average Bonchev–Trinajstić information content (AvgIpc) is 2.74. The molecule has 3 rings (SSSR count). The molecule has 0 radical (unpaired) electrons. The number of nitrogens with two attached hydrogens (primary N) is 1. The summed E-state index contributed by atoms with van der Waals surface area (Å²) < 4.78 is 41.9. The van der Waals surface area contributed by atoms with E-state index in [2.05, 4.69) is 0 Å². The van der Waals surface area contributed by atoms with E-state index in [1.165, 1.54) is 37.4 Å². The number of hydrogen-bond acceptors (Lipinski definition) is 2. The largest absolute Gasteiger partial charge is 0.418 e. The van der Waals surface area contributed by atoms with Gasteiger partial charge in [0.1, 0.15) is 0 Å². The zero-order valence-corrected chi connectivity index (χ0v) is 18.3. The van der Waals surface area contributed by atoms with Crippen molar-refractivity contribution in [3.63, 3.8) is 0 Å². The first kappa shape index (κ1) is 23.3. The van der Waals surface area contributed by atoms with Gasteiger partial charge >= 0.3 is 6.18 Å². The molecule has 0 aliphatic carbocycles. The molecule has 0 aliphatic rings. The van der Waals surface area contributed by atoms with Crippen molar-refractivity contribution in [3.05, 3.63) is 87.4 Å². The van der Waals surface area contributed by atoms with Crippen LogP contribution in [0.5, 0.6) is 0 Å². The van der Waals surface area contributed by atoms with Crippen molar-refractivity contribution in [2.75, 3.05) is 11.9 Å². The number of aryl methyl sites for hydroxylation is 1. The number of halogens is 4. The molecular weight excluding hydrogens is 441 g/mol. The maximum absolute atomic E-state index is 14.0. The standard InChI is InChI=1S/C24H20ClF3N2O2/c1-13-5-4-6-17(14(13)2)23(32)30(3)21-10-8-15(12-19(21)24(26,27)28)18-11-16(22(29)31)7-9-20(18)25/h4-12H,1-3H3,(H2,29,31). The topological polar surface area (TPSA) is 63.4 Å². The van der Waals surface area contributed by atoms with Crippen LogP contribution in [0.3, 0.4) is 0 Å².